The molecule has 0 aliphatic carbocycles. The summed E-state index contributed by atoms with van der Waals surface area (Å²) in [6, 6.07) is 0. The van der Waals surface area contributed by atoms with Crippen molar-refractivity contribution < 1.29 is 4.74 Å². The van der Waals surface area contributed by atoms with Crippen molar-refractivity contribution in [3.8, 4) is 0 Å². The highest BCUT2D eigenvalue weighted by Crippen LogP contribution is 2.31. The molecule has 0 radical (unpaired) electrons. The predicted molar refractivity (Wildman–Crippen MR) is 72.9 cm³/mol. The molecule has 1 nitrogen and oxygen atoms in total. The highest BCUT2D eigenvalue weighted by molar-refractivity contribution is 4.80. The van der Waals surface area contributed by atoms with E-state index in [9.17, 15) is 0 Å². The molecule has 0 unspecified atom stereocenters. The minimum Gasteiger partial charge on any atom is -0.378 e. The topological polar surface area (TPSA) is 9.23 Å². The fourth-order valence-corrected chi connectivity index (χ4v) is 2.38. The van der Waals surface area contributed by atoms with Gasteiger partial charge < -0.3 is 4.74 Å². The van der Waals surface area contributed by atoms with E-state index >= 15 is 0 Å². The van der Waals surface area contributed by atoms with Crippen molar-refractivity contribution in [2.24, 2.45) is 0 Å². The van der Waals surface area contributed by atoms with Crippen molar-refractivity contribution >= 4 is 0 Å². The maximum atomic E-state index is 5.89. The molecule has 0 aromatic rings. The molecule has 0 aromatic carbocycles. The Bertz CT molecular complexity index is 134. The molecule has 0 saturated carbocycles. The maximum absolute atomic E-state index is 5.89. The monoisotopic (exact) mass is 228 g/mol. The molecular formula is C15H32O. The van der Waals surface area contributed by atoms with Gasteiger partial charge in [0.05, 0.1) is 5.60 Å². The van der Waals surface area contributed by atoms with Crippen LogP contribution in [0.15, 0.2) is 0 Å². The van der Waals surface area contributed by atoms with Crippen LogP contribution in [-0.2, 0) is 4.74 Å². The Morgan fingerprint density at radius 3 is 1.50 bits per heavy atom. The SMILES string of the molecule is CCCCCC(CCCC)(CCCC)OC. The van der Waals surface area contributed by atoms with Crippen LogP contribution < -0.4 is 0 Å². The van der Waals surface area contributed by atoms with Gasteiger partial charge in [0, 0.05) is 7.11 Å². The number of methoxy groups -OCH3 is 1. The van der Waals surface area contributed by atoms with Gasteiger partial charge in [-0.2, -0.15) is 0 Å². The number of rotatable bonds is 11. The summed E-state index contributed by atoms with van der Waals surface area (Å²) in [6.07, 6.45) is 12.9. The highest BCUT2D eigenvalue weighted by Gasteiger charge is 2.27. The minimum absolute atomic E-state index is 0.196. The Kier molecular flexibility index (Phi) is 10.1. The number of hydrogen-bond acceptors (Lipinski definition) is 1. The van der Waals surface area contributed by atoms with Gasteiger partial charge in [-0.1, -0.05) is 65.7 Å². The molecule has 1 heteroatoms. The first-order valence-electron chi connectivity index (χ1n) is 7.29. The van der Waals surface area contributed by atoms with E-state index in [1.807, 2.05) is 7.11 Å². The molecule has 0 atom stereocenters. The summed E-state index contributed by atoms with van der Waals surface area (Å²) in [5.41, 5.74) is 0.196. The van der Waals surface area contributed by atoms with E-state index in [4.69, 9.17) is 4.74 Å². The van der Waals surface area contributed by atoms with Gasteiger partial charge in [-0.3, -0.25) is 0 Å². The van der Waals surface area contributed by atoms with E-state index in [0.717, 1.165) is 0 Å². The van der Waals surface area contributed by atoms with E-state index in [0.29, 0.717) is 0 Å². The van der Waals surface area contributed by atoms with Crippen molar-refractivity contribution in [2.75, 3.05) is 7.11 Å². The second-order valence-corrected chi connectivity index (χ2v) is 5.05. The molecule has 98 valence electrons. The van der Waals surface area contributed by atoms with Gasteiger partial charge in [0.15, 0.2) is 0 Å². The van der Waals surface area contributed by atoms with Crippen molar-refractivity contribution in [2.45, 2.75) is 90.6 Å². The number of unbranched alkanes of at least 4 members (excludes halogenated alkanes) is 4. The van der Waals surface area contributed by atoms with E-state index < -0.39 is 0 Å². The van der Waals surface area contributed by atoms with E-state index in [2.05, 4.69) is 20.8 Å². The first-order chi connectivity index (χ1) is 7.74. The maximum Gasteiger partial charge on any atom is 0.0678 e. The van der Waals surface area contributed by atoms with Crippen LogP contribution in [-0.4, -0.2) is 12.7 Å². The molecule has 0 aromatic heterocycles. The van der Waals surface area contributed by atoms with Gasteiger partial charge >= 0.3 is 0 Å². The molecule has 0 bridgehead atoms. The largest absolute Gasteiger partial charge is 0.378 e. The molecule has 16 heavy (non-hydrogen) atoms. The summed E-state index contributed by atoms with van der Waals surface area (Å²) in [4.78, 5) is 0. The zero-order valence-electron chi connectivity index (χ0n) is 12.0. The summed E-state index contributed by atoms with van der Waals surface area (Å²) < 4.78 is 5.89. The van der Waals surface area contributed by atoms with E-state index in [1.165, 1.54) is 64.2 Å². The van der Waals surface area contributed by atoms with Crippen LogP contribution in [0.1, 0.15) is 85.0 Å². The molecule has 0 aliphatic heterocycles. The van der Waals surface area contributed by atoms with Crippen LogP contribution in [0.25, 0.3) is 0 Å². The minimum atomic E-state index is 0.196. The quantitative estimate of drug-likeness (QED) is 0.434. The summed E-state index contributed by atoms with van der Waals surface area (Å²) in [5, 5.41) is 0. The van der Waals surface area contributed by atoms with Crippen molar-refractivity contribution in [1.29, 1.82) is 0 Å². The Morgan fingerprint density at radius 2 is 1.12 bits per heavy atom. The van der Waals surface area contributed by atoms with Crippen LogP contribution in [0.3, 0.4) is 0 Å². The second kappa shape index (κ2) is 10.1. The molecule has 0 rings (SSSR count). The first kappa shape index (κ1) is 16.0. The fourth-order valence-electron chi connectivity index (χ4n) is 2.38. The Labute approximate surface area is 103 Å². The number of hydrogen-bond donors (Lipinski definition) is 0. The van der Waals surface area contributed by atoms with E-state index in [-0.39, 0.29) is 5.60 Å². The lowest BCUT2D eigenvalue weighted by atomic mass is 9.85. The van der Waals surface area contributed by atoms with Gasteiger partial charge in [0.25, 0.3) is 0 Å². The van der Waals surface area contributed by atoms with Crippen LogP contribution >= 0.6 is 0 Å². The van der Waals surface area contributed by atoms with Gasteiger partial charge in [0.1, 0.15) is 0 Å². The molecular weight excluding hydrogens is 196 g/mol. The summed E-state index contributed by atoms with van der Waals surface area (Å²) >= 11 is 0. The smallest absolute Gasteiger partial charge is 0.0678 e. The van der Waals surface area contributed by atoms with E-state index in [1.54, 1.807) is 0 Å². The third kappa shape index (κ3) is 6.52. The fraction of sp³-hybridized carbons (Fsp3) is 1.00. The molecule has 0 N–H and O–H groups in total. The standard InChI is InChI=1S/C15H32O/c1-5-8-11-14-15(16-4,12-9-6-2)13-10-7-3/h5-14H2,1-4H3. The predicted octanol–water partition coefficient (Wildman–Crippen LogP) is 5.33. The lowest BCUT2D eigenvalue weighted by molar-refractivity contribution is -0.0359. The normalized spacial score (nSPS) is 12.0. The van der Waals surface area contributed by atoms with Crippen LogP contribution in [0.2, 0.25) is 0 Å². The van der Waals surface area contributed by atoms with Crippen molar-refractivity contribution in [3.05, 3.63) is 0 Å². The van der Waals surface area contributed by atoms with Crippen LogP contribution in [0, 0.1) is 0 Å². The molecule has 0 spiro atoms. The van der Waals surface area contributed by atoms with Crippen LogP contribution in [0.4, 0.5) is 0 Å². The first-order valence-corrected chi connectivity index (χ1v) is 7.29. The zero-order valence-corrected chi connectivity index (χ0v) is 12.0. The Hall–Kier alpha value is -0.0400. The van der Waals surface area contributed by atoms with Gasteiger partial charge in [-0.25, -0.2) is 0 Å². The Balaban J connectivity index is 4.16. The van der Waals surface area contributed by atoms with Crippen molar-refractivity contribution in [3.63, 3.8) is 0 Å². The number of ether oxygens (including phenoxy) is 1. The molecule has 0 aliphatic rings. The summed E-state index contributed by atoms with van der Waals surface area (Å²) in [5.74, 6) is 0. The third-order valence-electron chi connectivity index (χ3n) is 3.64. The lowest BCUT2D eigenvalue weighted by Gasteiger charge is -2.33. The van der Waals surface area contributed by atoms with Gasteiger partial charge in [-0.05, 0) is 19.3 Å². The summed E-state index contributed by atoms with van der Waals surface area (Å²) in [7, 11) is 1.91. The third-order valence-corrected chi connectivity index (χ3v) is 3.64. The summed E-state index contributed by atoms with van der Waals surface area (Å²) in [6.45, 7) is 6.81. The van der Waals surface area contributed by atoms with Gasteiger partial charge in [-0.15, -0.1) is 0 Å². The second-order valence-electron chi connectivity index (χ2n) is 5.05. The average molecular weight is 228 g/mol. The van der Waals surface area contributed by atoms with Crippen molar-refractivity contribution in [1.82, 2.24) is 0 Å². The van der Waals surface area contributed by atoms with Crippen LogP contribution in [0.5, 0.6) is 0 Å². The highest BCUT2D eigenvalue weighted by atomic mass is 16.5. The molecule has 0 saturated heterocycles. The average Bonchev–Trinajstić information content (AvgIpc) is 2.32. The zero-order chi connectivity index (χ0) is 12.3. The lowest BCUT2D eigenvalue weighted by Crippen LogP contribution is -2.31. The molecule has 0 fully saturated rings. The molecule has 0 heterocycles. The molecule has 0 amide bonds. The van der Waals surface area contributed by atoms with Gasteiger partial charge in [0.2, 0.25) is 0 Å². The Morgan fingerprint density at radius 1 is 0.688 bits per heavy atom.